The number of likely N-dealkylation sites (N-methyl/N-ethyl adjacent to an activating group) is 1. The molecule has 1 unspecified atom stereocenters. The lowest BCUT2D eigenvalue weighted by Crippen LogP contribution is -2.39. The number of nitrogens with zero attached hydrogens (tertiary/aromatic N) is 1. The van der Waals surface area contributed by atoms with Crippen molar-refractivity contribution in [3.8, 4) is 0 Å². The van der Waals surface area contributed by atoms with Gasteiger partial charge in [-0.1, -0.05) is 26.0 Å². The van der Waals surface area contributed by atoms with Gasteiger partial charge in [0, 0.05) is 13.1 Å². The van der Waals surface area contributed by atoms with Gasteiger partial charge in [0.25, 0.3) is 0 Å². The van der Waals surface area contributed by atoms with Crippen LogP contribution in [-0.4, -0.2) is 35.0 Å². The van der Waals surface area contributed by atoms with Crippen LogP contribution >= 0.6 is 0 Å². The summed E-state index contributed by atoms with van der Waals surface area (Å²) in [6, 6.07) is 6.61. The van der Waals surface area contributed by atoms with Crippen LogP contribution in [0.1, 0.15) is 36.7 Å². The van der Waals surface area contributed by atoms with Crippen molar-refractivity contribution in [1.82, 2.24) is 4.90 Å². The van der Waals surface area contributed by atoms with Gasteiger partial charge >= 0.3 is 5.97 Å². The summed E-state index contributed by atoms with van der Waals surface area (Å²) < 4.78 is 0. The first-order chi connectivity index (χ1) is 8.82. The summed E-state index contributed by atoms with van der Waals surface area (Å²) in [7, 11) is 1.80. The van der Waals surface area contributed by atoms with Crippen molar-refractivity contribution < 1.29 is 14.7 Å². The van der Waals surface area contributed by atoms with E-state index < -0.39 is 5.97 Å². The second kappa shape index (κ2) is 6.36. The number of hydrogen-bond donors (Lipinski definition) is 1. The number of carboxylic acid groups (broad SMARTS) is 1. The molecule has 0 bridgehead atoms. The standard InChI is InChI=1S/C15H21NO3/c1-10(2)11(3)16(4)14(17)9-12-5-7-13(8-6-12)15(18)19/h5-8,10-11H,9H2,1-4H3,(H,18,19). The van der Waals surface area contributed by atoms with Gasteiger partial charge in [-0.25, -0.2) is 4.79 Å². The van der Waals surface area contributed by atoms with Crippen molar-refractivity contribution in [3.63, 3.8) is 0 Å². The molecule has 4 nitrogen and oxygen atoms in total. The predicted octanol–water partition coefficient (Wildman–Crippen LogP) is 2.43. The summed E-state index contributed by atoms with van der Waals surface area (Å²) in [5, 5.41) is 8.80. The highest BCUT2D eigenvalue weighted by Gasteiger charge is 2.18. The van der Waals surface area contributed by atoms with E-state index in [1.807, 2.05) is 6.92 Å². The molecule has 0 saturated carbocycles. The summed E-state index contributed by atoms with van der Waals surface area (Å²) in [6.07, 6.45) is 0.299. The number of hydrogen-bond acceptors (Lipinski definition) is 2. The van der Waals surface area contributed by atoms with Crippen molar-refractivity contribution in [3.05, 3.63) is 35.4 Å². The average molecular weight is 263 g/mol. The van der Waals surface area contributed by atoms with Crippen LogP contribution in [0.5, 0.6) is 0 Å². The minimum atomic E-state index is -0.955. The Bertz CT molecular complexity index is 451. The Hall–Kier alpha value is -1.84. The van der Waals surface area contributed by atoms with Gasteiger partial charge in [-0.3, -0.25) is 4.79 Å². The number of amides is 1. The van der Waals surface area contributed by atoms with Gasteiger partial charge in [0.1, 0.15) is 0 Å². The van der Waals surface area contributed by atoms with Crippen molar-refractivity contribution in [2.24, 2.45) is 5.92 Å². The van der Waals surface area contributed by atoms with Crippen molar-refractivity contribution >= 4 is 11.9 Å². The van der Waals surface area contributed by atoms with Crippen LogP contribution in [0, 0.1) is 5.92 Å². The van der Waals surface area contributed by atoms with Crippen LogP contribution in [-0.2, 0) is 11.2 Å². The van der Waals surface area contributed by atoms with Crippen molar-refractivity contribution in [2.75, 3.05) is 7.05 Å². The Kier molecular flexibility index (Phi) is 5.10. The molecular weight excluding hydrogens is 242 g/mol. The number of aromatic carboxylic acids is 1. The maximum atomic E-state index is 12.1. The topological polar surface area (TPSA) is 57.6 Å². The lowest BCUT2D eigenvalue weighted by atomic mass is 10.0. The molecule has 0 fully saturated rings. The summed E-state index contributed by atoms with van der Waals surface area (Å²) >= 11 is 0. The minimum Gasteiger partial charge on any atom is -0.478 e. The number of carbonyl (C=O) groups is 2. The van der Waals surface area contributed by atoms with E-state index in [9.17, 15) is 9.59 Å². The van der Waals surface area contributed by atoms with E-state index in [1.165, 1.54) is 12.1 Å². The molecular formula is C15H21NO3. The zero-order valence-corrected chi connectivity index (χ0v) is 11.9. The zero-order chi connectivity index (χ0) is 14.6. The molecule has 0 aromatic heterocycles. The Balaban J connectivity index is 2.69. The molecule has 0 spiro atoms. The normalized spacial score (nSPS) is 12.3. The highest BCUT2D eigenvalue weighted by atomic mass is 16.4. The molecule has 1 rings (SSSR count). The molecule has 4 heteroatoms. The monoisotopic (exact) mass is 263 g/mol. The first-order valence-corrected chi connectivity index (χ1v) is 6.40. The lowest BCUT2D eigenvalue weighted by molar-refractivity contribution is -0.131. The number of benzene rings is 1. The first kappa shape index (κ1) is 15.2. The van der Waals surface area contributed by atoms with Crippen LogP contribution in [0.2, 0.25) is 0 Å². The van der Waals surface area contributed by atoms with E-state index >= 15 is 0 Å². The van der Waals surface area contributed by atoms with Crippen molar-refractivity contribution in [1.29, 1.82) is 0 Å². The van der Waals surface area contributed by atoms with Crippen LogP contribution < -0.4 is 0 Å². The molecule has 0 aliphatic rings. The van der Waals surface area contributed by atoms with Gasteiger partial charge in [0.05, 0.1) is 12.0 Å². The molecule has 0 radical (unpaired) electrons. The van der Waals surface area contributed by atoms with E-state index in [1.54, 1.807) is 24.1 Å². The zero-order valence-electron chi connectivity index (χ0n) is 11.9. The van der Waals surface area contributed by atoms with Crippen LogP contribution in [0.3, 0.4) is 0 Å². The van der Waals surface area contributed by atoms with Gasteiger partial charge in [0.2, 0.25) is 5.91 Å². The minimum absolute atomic E-state index is 0.0456. The molecule has 0 aliphatic carbocycles. The Morgan fingerprint density at radius 2 is 1.68 bits per heavy atom. The summed E-state index contributed by atoms with van der Waals surface area (Å²) in [4.78, 5) is 24.6. The van der Waals surface area contributed by atoms with Crippen LogP contribution in [0.4, 0.5) is 0 Å². The van der Waals surface area contributed by atoms with Gasteiger partial charge in [0.15, 0.2) is 0 Å². The largest absolute Gasteiger partial charge is 0.478 e. The van der Waals surface area contributed by atoms with Gasteiger partial charge in [-0.2, -0.15) is 0 Å². The highest BCUT2D eigenvalue weighted by molar-refractivity contribution is 5.87. The van der Waals surface area contributed by atoms with E-state index in [-0.39, 0.29) is 17.5 Å². The quantitative estimate of drug-likeness (QED) is 0.887. The smallest absolute Gasteiger partial charge is 0.335 e. The number of rotatable bonds is 5. The third kappa shape index (κ3) is 4.09. The summed E-state index contributed by atoms with van der Waals surface area (Å²) in [6.45, 7) is 6.18. The number of carboxylic acids is 1. The maximum Gasteiger partial charge on any atom is 0.335 e. The number of carbonyl (C=O) groups excluding carboxylic acids is 1. The van der Waals surface area contributed by atoms with Gasteiger partial charge in [-0.05, 0) is 30.5 Å². The SMILES string of the molecule is CC(C)C(C)N(C)C(=O)Cc1ccc(C(=O)O)cc1. The second-order valence-corrected chi connectivity index (χ2v) is 5.17. The molecule has 1 atom stereocenters. The molecule has 1 amide bonds. The molecule has 1 aromatic rings. The highest BCUT2D eigenvalue weighted by Crippen LogP contribution is 2.11. The third-order valence-corrected chi connectivity index (χ3v) is 3.53. The fraction of sp³-hybridized carbons (Fsp3) is 0.467. The lowest BCUT2D eigenvalue weighted by Gasteiger charge is -2.28. The fourth-order valence-electron chi connectivity index (χ4n) is 1.74. The Morgan fingerprint density at radius 1 is 1.16 bits per heavy atom. The molecule has 19 heavy (non-hydrogen) atoms. The van der Waals surface area contributed by atoms with E-state index in [0.717, 1.165) is 5.56 Å². The summed E-state index contributed by atoms with van der Waals surface area (Å²) in [5.41, 5.74) is 1.07. The molecule has 0 aliphatic heterocycles. The van der Waals surface area contributed by atoms with E-state index in [4.69, 9.17) is 5.11 Å². The summed E-state index contributed by atoms with van der Waals surface area (Å²) in [5.74, 6) is -0.504. The molecule has 0 saturated heterocycles. The maximum absolute atomic E-state index is 12.1. The van der Waals surface area contributed by atoms with Crippen LogP contribution in [0.25, 0.3) is 0 Å². The molecule has 104 valence electrons. The molecule has 1 aromatic carbocycles. The first-order valence-electron chi connectivity index (χ1n) is 6.40. The molecule has 0 heterocycles. The van der Waals surface area contributed by atoms with Crippen LogP contribution in [0.15, 0.2) is 24.3 Å². The predicted molar refractivity (Wildman–Crippen MR) is 74.2 cm³/mol. The Labute approximate surface area is 114 Å². The van der Waals surface area contributed by atoms with E-state index in [2.05, 4.69) is 13.8 Å². The third-order valence-electron chi connectivity index (χ3n) is 3.53. The molecule has 1 N–H and O–H groups in total. The van der Waals surface area contributed by atoms with E-state index in [0.29, 0.717) is 12.3 Å². The second-order valence-electron chi connectivity index (χ2n) is 5.17. The average Bonchev–Trinajstić information content (AvgIpc) is 2.37. The Morgan fingerprint density at radius 3 is 2.11 bits per heavy atom. The fourth-order valence-corrected chi connectivity index (χ4v) is 1.74. The van der Waals surface area contributed by atoms with Gasteiger partial charge < -0.3 is 10.0 Å². The van der Waals surface area contributed by atoms with Gasteiger partial charge in [-0.15, -0.1) is 0 Å². The van der Waals surface area contributed by atoms with Crippen molar-refractivity contribution in [2.45, 2.75) is 33.2 Å².